The first kappa shape index (κ1) is 17.0. The Kier molecular flexibility index (Phi) is 4.76. The molecule has 1 aliphatic heterocycles. The van der Waals surface area contributed by atoms with Crippen LogP contribution in [0.4, 0.5) is 11.4 Å². The molecular weight excluding hydrogens is 348 g/mol. The number of carbonyl (C=O) groups is 1. The van der Waals surface area contributed by atoms with E-state index in [9.17, 15) is 9.90 Å². The quantitative estimate of drug-likeness (QED) is 0.762. The maximum atomic E-state index is 11.4. The second-order valence-corrected chi connectivity index (χ2v) is 5.67. The summed E-state index contributed by atoms with van der Waals surface area (Å²) in [6.07, 6.45) is -0.451. The van der Waals surface area contributed by atoms with Crippen LogP contribution in [0, 0.1) is 0 Å². The van der Waals surface area contributed by atoms with Crippen LogP contribution in [0.5, 0.6) is 17.2 Å². The van der Waals surface area contributed by atoms with Crippen molar-refractivity contribution in [1.82, 2.24) is 0 Å². The van der Waals surface area contributed by atoms with E-state index in [0.29, 0.717) is 22.9 Å². The Morgan fingerprint density at radius 2 is 1.84 bits per heavy atom. The highest BCUT2D eigenvalue weighted by Crippen LogP contribution is 2.45. The molecule has 2 aromatic rings. The van der Waals surface area contributed by atoms with E-state index < -0.39 is 12.1 Å². The number of hydrogen-bond donors (Lipinski definition) is 2. The molecule has 8 heteroatoms. The van der Waals surface area contributed by atoms with E-state index in [-0.39, 0.29) is 12.2 Å². The number of aromatic carboxylic acids is 1. The fourth-order valence-corrected chi connectivity index (χ4v) is 2.88. The third kappa shape index (κ3) is 3.23. The molecule has 3 rings (SSSR count). The highest BCUT2D eigenvalue weighted by molar-refractivity contribution is 6.29. The van der Waals surface area contributed by atoms with Gasteiger partial charge < -0.3 is 24.6 Å². The maximum absolute atomic E-state index is 11.4. The van der Waals surface area contributed by atoms with Crippen LogP contribution in [0.3, 0.4) is 0 Å². The van der Waals surface area contributed by atoms with Gasteiger partial charge in [0.15, 0.2) is 0 Å². The summed E-state index contributed by atoms with van der Waals surface area (Å²) in [7, 11) is 3.09. The molecule has 0 aliphatic carbocycles. The van der Waals surface area contributed by atoms with Crippen LogP contribution in [0.1, 0.15) is 10.4 Å². The van der Waals surface area contributed by atoms with Crippen LogP contribution in [-0.2, 0) is 0 Å². The van der Waals surface area contributed by atoms with Crippen LogP contribution >= 0.6 is 11.8 Å². The molecule has 0 bridgehead atoms. The number of nitrogens with zero attached hydrogens (tertiary/aromatic N) is 1. The molecule has 1 unspecified atom stereocenters. The highest BCUT2D eigenvalue weighted by atomic mass is 35.5. The lowest BCUT2D eigenvalue weighted by Crippen LogP contribution is -2.34. The van der Waals surface area contributed by atoms with Gasteiger partial charge in [-0.1, -0.05) is 0 Å². The third-order valence-electron chi connectivity index (χ3n) is 3.86. The van der Waals surface area contributed by atoms with Crippen molar-refractivity contribution in [2.24, 2.45) is 0 Å². The monoisotopic (exact) mass is 364 g/mol. The number of benzene rings is 2. The minimum absolute atomic E-state index is 0.119. The van der Waals surface area contributed by atoms with Crippen molar-refractivity contribution in [3.63, 3.8) is 0 Å². The molecule has 1 aliphatic rings. The number of carboxylic acids is 1. The Labute approximate surface area is 149 Å². The summed E-state index contributed by atoms with van der Waals surface area (Å²) in [5.41, 5.74) is 1.01. The van der Waals surface area contributed by atoms with Crippen molar-refractivity contribution < 1.29 is 24.1 Å². The largest absolute Gasteiger partial charge is 0.497 e. The van der Waals surface area contributed by atoms with E-state index in [4.69, 9.17) is 26.0 Å². The van der Waals surface area contributed by atoms with Gasteiger partial charge in [-0.2, -0.15) is 0 Å². The van der Waals surface area contributed by atoms with E-state index in [1.54, 1.807) is 37.4 Å². The molecule has 132 valence electrons. The highest BCUT2D eigenvalue weighted by Gasteiger charge is 2.34. The number of hydrogen-bond acceptors (Lipinski definition) is 6. The molecule has 1 heterocycles. The molecule has 0 saturated heterocycles. The molecular formula is C17H17ClN2O5. The zero-order valence-electron chi connectivity index (χ0n) is 13.7. The first-order valence-electron chi connectivity index (χ1n) is 7.48. The molecule has 2 N–H and O–H groups in total. The molecule has 0 spiro atoms. The summed E-state index contributed by atoms with van der Waals surface area (Å²) < 4.78 is 17.5. The van der Waals surface area contributed by atoms with Gasteiger partial charge in [0.05, 0.1) is 25.5 Å². The van der Waals surface area contributed by atoms with E-state index >= 15 is 0 Å². The number of carboxylic acid groups (broad SMARTS) is 1. The van der Waals surface area contributed by atoms with Crippen molar-refractivity contribution in [2.75, 3.05) is 30.6 Å². The fourth-order valence-electron chi connectivity index (χ4n) is 2.61. The molecule has 25 heavy (non-hydrogen) atoms. The lowest BCUT2D eigenvalue weighted by molar-refractivity contribution is 0.0698. The van der Waals surface area contributed by atoms with Crippen molar-refractivity contribution in [1.29, 1.82) is 0 Å². The van der Waals surface area contributed by atoms with Crippen molar-refractivity contribution in [3.8, 4) is 17.2 Å². The van der Waals surface area contributed by atoms with E-state index in [2.05, 4.69) is 5.32 Å². The predicted molar refractivity (Wildman–Crippen MR) is 94.2 cm³/mol. The van der Waals surface area contributed by atoms with Crippen LogP contribution in [0.25, 0.3) is 0 Å². The number of anilines is 2. The van der Waals surface area contributed by atoms with E-state index in [0.717, 1.165) is 5.75 Å². The van der Waals surface area contributed by atoms with Crippen molar-refractivity contribution >= 4 is 29.1 Å². The van der Waals surface area contributed by atoms with Gasteiger partial charge >= 0.3 is 5.97 Å². The zero-order valence-corrected chi connectivity index (χ0v) is 14.4. The first-order chi connectivity index (χ1) is 12.0. The normalized spacial score (nSPS) is 15.3. The minimum Gasteiger partial charge on any atom is -0.497 e. The summed E-state index contributed by atoms with van der Waals surface area (Å²) >= 11 is 6.38. The molecule has 1 atom stereocenters. The number of rotatable bonds is 6. The minimum atomic E-state index is -1.05. The Balaban J connectivity index is 1.78. The standard InChI is InChI=1S/C17H17ClN2O5/c1-23-10-3-5-11(6-4-10)25-9-14-19-15-12(17(21)22)7-8-13(24-2)16(15)20(14)18/h3-8,14,19H,9H2,1-2H3,(H,21,22). The summed E-state index contributed by atoms with van der Waals surface area (Å²) in [6.45, 7) is 0.201. The zero-order chi connectivity index (χ0) is 18.0. The van der Waals surface area contributed by atoms with Crippen molar-refractivity contribution in [2.45, 2.75) is 6.17 Å². The van der Waals surface area contributed by atoms with Crippen LogP contribution in [0.2, 0.25) is 0 Å². The van der Waals surface area contributed by atoms with Gasteiger partial charge in [0.2, 0.25) is 0 Å². The Bertz CT molecular complexity index is 781. The van der Waals surface area contributed by atoms with Gasteiger partial charge in [0.25, 0.3) is 0 Å². The molecule has 2 aromatic carbocycles. The van der Waals surface area contributed by atoms with Gasteiger partial charge in [-0.3, -0.25) is 4.42 Å². The number of methoxy groups -OCH3 is 2. The number of ether oxygens (including phenoxy) is 3. The average molecular weight is 365 g/mol. The number of nitrogens with one attached hydrogen (secondary N) is 1. The van der Waals surface area contributed by atoms with E-state index in [1.165, 1.54) is 17.6 Å². The van der Waals surface area contributed by atoms with Crippen molar-refractivity contribution in [3.05, 3.63) is 42.0 Å². The van der Waals surface area contributed by atoms with Crippen LogP contribution in [-0.4, -0.2) is 38.1 Å². The number of halogens is 1. The second kappa shape index (κ2) is 6.98. The second-order valence-electron chi connectivity index (χ2n) is 5.30. The van der Waals surface area contributed by atoms with Gasteiger partial charge in [-0.25, -0.2) is 4.79 Å². The summed E-state index contributed by atoms with van der Waals surface area (Å²) in [5, 5.41) is 12.4. The Morgan fingerprint density at radius 3 is 2.44 bits per heavy atom. The molecule has 0 radical (unpaired) electrons. The van der Waals surface area contributed by atoms with E-state index in [1.807, 2.05) is 0 Å². The third-order valence-corrected chi connectivity index (χ3v) is 4.26. The summed E-state index contributed by atoms with van der Waals surface area (Å²) in [6, 6.07) is 10.2. The topological polar surface area (TPSA) is 80.3 Å². The Morgan fingerprint density at radius 1 is 1.16 bits per heavy atom. The van der Waals surface area contributed by atoms with Crippen LogP contribution < -0.4 is 23.9 Å². The molecule has 0 fully saturated rings. The van der Waals surface area contributed by atoms with Gasteiger partial charge in [0, 0.05) is 11.8 Å². The molecule has 0 aromatic heterocycles. The molecule has 0 saturated carbocycles. The lowest BCUT2D eigenvalue weighted by Gasteiger charge is -2.20. The first-order valence-corrected chi connectivity index (χ1v) is 7.81. The van der Waals surface area contributed by atoms with Gasteiger partial charge in [-0.05, 0) is 36.4 Å². The predicted octanol–water partition coefficient (Wildman–Crippen LogP) is 3.19. The van der Waals surface area contributed by atoms with Gasteiger partial charge in [0.1, 0.15) is 35.7 Å². The lowest BCUT2D eigenvalue weighted by atomic mass is 10.1. The van der Waals surface area contributed by atoms with Gasteiger partial charge in [-0.15, -0.1) is 0 Å². The fraction of sp³-hybridized carbons (Fsp3) is 0.235. The SMILES string of the molecule is COc1ccc(OCC2Nc3c(C(=O)O)ccc(OC)c3N2Cl)cc1. The van der Waals surface area contributed by atoms with Crippen LogP contribution in [0.15, 0.2) is 36.4 Å². The molecule has 7 nitrogen and oxygen atoms in total. The maximum Gasteiger partial charge on any atom is 0.337 e. The number of fused-ring (bicyclic) bond motifs is 1. The average Bonchev–Trinajstić information content (AvgIpc) is 2.96. The molecule has 0 amide bonds. The summed E-state index contributed by atoms with van der Waals surface area (Å²) in [4.78, 5) is 11.4. The Hall–Kier alpha value is -2.80. The summed E-state index contributed by atoms with van der Waals surface area (Å²) in [5.74, 6) is 0.810. The smallest absolute Gasteiger partial charge is 0.337 e.